The maximum atomic E-state index is 12.6. The number of hydrogen-bond acceptors (Lipinski definition) is 6. The monoisotopic (exact) mass is 424 g/mol. The number of hydrogen-bond donors (Lipinski definition) is 2. The van der Waals surface area contributed by atoms with Gasteiger partial charge in [-0.15, -0.1) is 0 Å². The van der Waals surface area contributed by atoms with E-state index in [4.69, 9.17) is 4.74 Å². The van der Waals surface area contributed by atoms with E-state index in [0.29, 0.717) is 11.6 Å². The van der Waals surface area contributed by atoms with Crippen molar-refractivity contribution < 1.29 is 19.1 Å². The third-order valence-electron chi connectivity index (χ3n) is 4.82. The van der Waals surface area contributed by atoms with E-state index < -0.39 is 18.0 Å². The Morgan fingerprint density at radius 2 is 1.97 bits per heavy atom. The van der Waals surface area contributed by atoms with E-state index >= 15 is 0 Å². The van der Waals surface area contributed by atoms with E-state index in [2.05, 4.69) is 15.6 Å². The molecule has 8 nitrogen and oxygen atoms in total. The molecule has 0 spiro atoms. The molecule has 0 saturated carbocycles. The Kier molecular flexibility index (Phi) is 5.62. The zero-order chi connectivity index (χ0) is 21.1. The van der Waals surface area contributed by atoms with Gasteiger partial charge in [-0.3, -0.25) is 14.5 Å². The Balaban J connectivity index is 1.32. The molecule has 2 aromatic carbocycles. The molecule has 2 N–H and O–H groups in total. The number of carbonyl (C=O) groups is 3. The number of para-hydroxylation sites is 1. The van der Waals surface area contributed by atoms with Gasteiger partial charge in [0.05, 0.1) is 23.7 Å². The fourth-order valence-electron chi connectivity index (χ4n) is 3.24. The Hall–Kier alpha value is -3.46. The van der Waals surface area contributed by atoms with Gasteiger partial charge in [0.1, 0.15) is 11.8 Å². The number of ether oxygens (including phenoxy) is 1. The first-order chi connectivity index (χ1) is 14.5. The van der Waals surface area contributed by atoms with Gasteiger partial charge in [-0.25, -0.2) is 9.78 Å². The summed E-state index contributed by atoms with van der Waals surface area (Å²) >= 11 is 1.36. The lowest BCUT2D eigenvalue weighted by Gasteiger charge is -2.13. The van der Waals surface area contributed by atoms with Crippen LogP contribution in [0.25, 0.3) is 10.2 Å². The molecule has 30 heavy (non-hydrogen) atoms. The van der Waals surface area contributed by atoms with Crippen molar-refractivity contribution >= 4 is 44.5 Å². The molecule has 3 aromatic rings. The Labute approximate surface area is 176 Å². The summed E-state index contributed by atoms with van der Waals surface area (Å²) in [4.78, 5) is 42.7. The van der Waals surface area contributed by atoms with Crippen LogP contribution in [0.15, 0.2) is 48.5 Å². The van der Waals surface area contributed by atoms with Gasteiger partial charge in [0.15, 0.2) is 5.13 Å². The van der Waals surface area contributed by atoms with Crippen LogP contribution in [0.1, 0.15) is 12.0 Å². The number of imide groups is 1. The Morgan fingerprint density at radius 1 is 1.20 bits per heavy atom. The summed E-state index contributed by atoms with van der Waals surface area (Å²) in [6, 6.07) is 13.6. The summed E-state index contributed by atoms with van der Waals surface area (Å²) in [5.74, 6) is -0.0226. The highest BCUT2D eigenvalue weighted by Gasteiger charge is 2.38. The molecule has 1 fully saturated rings. The number of rotatable bonds is 7. The van der Waals surface area contributed by atoms with Gasteiger partial charge in [0.25, 0.3) is 5.91 Å². The largest absolute Gasteiger partial charge is 0.497 e. The third kappa shape index (κ3) is 4.25. The molecule has 1 aromatic heterocycles. The number of thiazole rings is 1. The maximum absolute atomic E-state index is 12.6. The number of anilines is 1. The number of fused-ring (bicyclic) bond motifs is 1. The lowest BCUT2D eigenvalue weighted by molar-refractivity contribution is -0.129. The van der Waals surface area contributed by atoms with Gasteiger partial charge >= 0.3 is 6.03 Å². The number of methoxy groups -OCH3 is 1. The first-order valence-corrected chi connectivity index (χ1v) is 10.3. The van der Waals surface area contributed by atoms with E-state index in [1.54, 1.807) is 7.11 Å². The van der Waals surface area contributed by atoms with E-state index in [1.165, 1.54) is 11.3 Å². The van der Waals surface area contributed by atoms with Crippen molar-refractivity contribution in [3.05, 3.63) is 54.1 Å². The summed E-state index contributed by atoms with van der Waals surface area (Å²) in [7, 11) is 1.59. The first-order valence-electron chi connectivity index (χ1n) is 9.44. The van der Waals surface area contributed by atoms with Crippen LogP contribution in [-0.2, 0) is 16.0 Å². The number of benzene rings is 2. The fourth-order valence-corrected chi connectivity index (χ4v) is 4.12. The van der Waals surface area contributed by atoms with Gasteiger partial charge in [0.2, 0.25) is 5.91 Å². The van der Waals surface area contributed by atoms with Gasteiger partial charge in [0, 0.05) is 6.54 Å². The van der Waals surface area contributed by atoms with Gasteiger partial charge in [-0.2, -0.15) is 0 Å². The SMILES string of the molecule is COc1ccc(CCN2C(=O)N[C@H](CC(=O)Nc3nc4ccccc4s3)C2=O)cc1. The molecule has 2 heterocycles. The van der Waals surface area contributed by atoms with Crippen LogP contribution in [0, 0.1) is 0 Å². The average Bonchev–Trinajstić information content (AvgIpc) is 3.26. The lowest BCUT2D eigenvalue weighted by Crippen LogP contribution is -2.34. The summed E-state index contributed by atoms with van der Waals surface area (Å²) < 4.78 is 6.08. The van der Waals surface area contributed by atoms with Crippen molar-refractivity contribution in [3.63, 3.8) is 0 Å². The molecule has 4 amide bonds. The van der Waals surface area contributed by atoms with Crippen LogP contribution < -0.4 is 15.4 Å². The lowest BCUT2D eigenvalue weighted by atomic mass is 10.1. The molecule has 0 unspecified atom stereocenters. The summed E-state index contributed by atoms with van der Waals surface area (Å²) in [5.41, 5.74) is 1.78. The second-order valence-electron chi connectivity index (χ2n) is 6.83. The number of amides is 4. The molecule has 4 rings (SSSR count). The highest BCUT2D eigenvalue weighted by Crippen LogP contribution is 2.25. The average molecular weight is 424 g/mol. The van der Waals surface area contributed by atoms with E-state index in [0.717, 1.165) is 26.4 Å². The molecule has 1 atom stereocenters. The number of nitrogens with one attached hydrogen (secondary N) is 2. The summed E-state index contributed by atoms with van der Waals surface area (Å²) in [6.45, 7) is 0.243. The van der Waals surface area contributed by atoms with Crippen molar-refractivity contribution in [2.24, 2.45) is 0 Å². The van der Waals surface area contributed by atoms with Crippen LogP contribution >= 0.6 is 11.3 Å². The van der Waals surface area contributed by atoms with Crippen molar-refractivity contribution in [1.29, 1.82) is 0 Å². The quantitative estimate of drug-likeness (QED) is 0.568. The summed E-state index contributed by atoms with van der Waals surface area (Å²) in [5, 5.41) is 5.77. The van der Waals surface area contributed by atoms with Crippen LogP contribution in [0.5, 0.6) is 5.75 Å². The van der Waals surface area contributed by atoms with Crippen molar-refractivity contribution in [1.82, 2.24) is 15.2 Å². The van der Waals surface area contributed by atoms with Crippen LogP contribution in [0.4, 0.5) is 9.93 Å². The number of aromatic nitrogens is 1. The van der Waals surface area contributed by atoms with Crippen LogP contribution in [0.2, 0.25) is 0 Å². The van der Waals surface area contributed by atoms with E-state index in [1.807, 2.05) is 48.5 Å². The number of nitrogens with zero attached hydrogens (tertiary/aromatic N) is 2. The molecule has 1 aliphatic rings. The van der Waals surface area contributed by atoms with Crippen LogP contribution in [0.3, 0.4) is 0 Å². The van der Waals surface area contributed by atoms with Crippen molar-refractivity contribution in [2.45, 2.75) is 18.9 Å². The third-order valence-corrected chi connectivity index (χ3v) is 5.77. The Morgan fingerprint density at radius 3 is 2.70 bits per heavy atom. The molecule has 1 aliphatic heterocycles. The minimum atomic E-state index is -0.872. The molecule has 1 saturated heterocycles. The number of urea groups is 1. The maximum Gasteiger partial charge on any atom is 0.324 e. The van der Waals surface area contributed by atoms with Crippen LogP contribution in [-0.4, -0.2) is 47.4 Å². The fraction of sp³-hybridized carbons (Fsp3) is 0.238. The highest BCUT2D eigenvalue weighted by atomic mass is 32.1. The minimum Gasteiger partial charge on any atom is -0.497 e. The smallest absolute Gasteiger partial charge is 0.324 e. The van der Waals surface area contributed by atoms with E-state index in [9.17, 15) is 14.4 Å². The number of carbonyl (C=O) groups excluding carboxylic acids is 3. The molecular formula is C21H20N4O4S. The van der Waals surface area contributed by atoms with Crippen molar-refractivity contribution in [2.75, 3.05) is 19.0 Å². The first kappa shape index (κ1) is 19.8. The second-order valence-corrected chi connectivity index (χ2v) is 7.86. The molecule has 9 heteroatoms. The zero-order valence-electron chi connectivity index (χ0n) is 16.3. The van der Waals surface area contributed by atoms with Gasteiger partial charge in [-0.05, 0) is 36.2 Å². The predicted octanol–water partition coefficient (Wildman–Crippen LogP) is 2.80. The molecule has 154 valence electrons. The predicted molar refractivity (Wildman–Crippen MR) is 114 cm³/mol. The molecule has 0 bridgehead atoms. The zero-order valence-corrected chi connectivity index (χ0v) is 17.1. The normalized spacial score (nSPS) is 16.0. The van der Waals surface area contributed by atoms with Crippen molar-refractivity contribution in [3.8, 4) is 5.75 Å². The van der Waals surface area contributed by atoms with Gasteiger partial charge in [-0.1, -0.05) is 35.6 Å². The van der Waals surface area contributed by atoms with E-state index in [-0.39, 0.29) is 18.9 Å². The highest BCUT2D eigenvalue weighted by molar-refractivity contribution is 7.22. The topological polar surface area (TPSA) is 101 Å². The second kappa shape index (κ2) is 8.50. The Bertz CT molecular complexity index is 1060. The standard InChI is InChI=1S/C21H20N4O4S/c1-29-14-8-6-13(7-9-14)10-11-25-19(27)16(23-21(25)28)12-18(26)24-20-22-15-4-2-3-5-17(15)30-20/h2-9,16H,10-12H2,1H3,(H,23,28)(H,22,24,26)/t16-/m1/s1. The molecular weight excluding hydrogens is 404 g/mol. The summed E-state index contributed by atoms with van der Waals surface area (Å²) in [6.07, 6.45) is 0.382. The molecule has 0 radical (unpaired) electrons. The minimum absolute atomic E-state index is 0.139. The molecule has 0 aliphatic carbocycles. The van der Waals surface area contributed by atoms with Gasteiger partial charge < -0.3 is 15.4 Å².